The fourth-order valence-electron chi connectivity index (χ4n) is 7.62. The Balaban J connectivity index is 1.64. The Morgan fingerprint density at radius 1 is 1.07 bits per heavy atom. The number of ether oxygens (including phenoxy) is 1. The minimum atomic E-state index is -0.440. The van der Waals surface area contributed by atoms with Crippen molar-refractivity contribution in [3.05, 3.63) is 11.6 Å². The highest BCUT2D eigenvalue weighted by atomic mass is 16.5. The number of ketones is 1. The number of rotatable bonds is 2. The van der Waals surface area contributed by atoms with E-state index in [1.54, 1.807) is 6.92 Å². The van der Waals surface area contributed by atoms with Crippen LogP contribution in [-0.2, 0) is 14.3 Å². The van der Waals surface area contributed by atoms with E-state index in [1.807, 2.05) is 0 Å². The molecule has 0 amide bonds. The second-order valence-electron chi connectivity index (χ2n) is 10.1. The number of Topliss-reactive ketones (excluding diaryl/α,β-unsaturated/α-hetero) is 1. The van der Waals surface area contributed by atoms with Gasteiger partial charge in [0.15, 0.2) is 0 Å². The smallest absolute Gasteiger partial charge is 0.302 e. The van der Waals surface area contributed by atoms with Gasteiger partial charge in [0.05, 0.1) is 6.10 Å². The SMILES string of the molecule is CC(=O)OC1CC[C@@]2(C)C(=CC(O)[C@H]3[C@@H]4CC[C@H](C(C)=O)[C@@]4(C)CC[C@@H]32)C1. The van der Waals surface area contributed by atoms with E-state index in [0.29, 0.717) is 17.6 Å². The van der Waals surface area contributed by atoms with Crippen molar-refractivity contribution >= 4 is 11.8 Å². The summed E-state index contributed by atoms with van der Waals surface area (Å²) in [5.41, 5.74) is 1.43. The Morgan fingerprint density at radius 3 is 2.48 bits per heavy atom. The molecule has 4 aliphatic carbocycles. The van der Waals surface area contributed by atoms with Gasteiger partial charge in [0, 0.05) is 19.3 Å². The van der Waals surface area contributed by atoms with Gasteiger partial charge >= 0.3 is 5.97 Å². The van der Waals surface area contributed by atoms with Crippen LogP contribution in [0.15, 0.2) is 11.6 Å². The molecule has 27 heavy (non-hydrogen) atoms. The summed E-state index contributed by atoms with van der Waals surface area (Å²) < 4.78 is 5.48. The summed E-state index contributed by atoms with van der Waals surface area (Å²) in [6.45, 7) is 7.89. The lowest BCUT2D eigenvalue weighted by molar-refractivity contribution is -0.150. The number of esters is 1. The van der Waals surface area contributed by atoms with Gasteiger partial charge < -0.3 is 9.84 Å². The minimum absolute atomic E-state index is 0.0463. The van der Waals surface area contributed by atoms with E-state index >= 15 is 0 Å². The average Bonchev–Trinajstić information content (AvgIpc) is 2.93. The van der Waals surface area contributed by atoms with Gasteiger partial charge in [-0.2, -0.15) is 0 Å². The monoisotopic (exact) mass is 374 g/mol. The highest BCUT2D eigenvalue weighted by molar-refractivity contribution is 5.79. The Kier molecular flexibility index (Phi) is 4.57. The Bertz CT molecular complexity index is 682. The Hall–Kier alpha value is -1.16. The van der Waals surface area contributed by atoms with Crippen LogP contribution in [-0.4, -0.2) is 29.1 Å². The van der Waals surface area contributed by atoms with Gasteiger partial charge in [0.1, 0.15) is 11.9 Å². The average molecular weight is 375 g/mol. The number of aliphatic hydroxyl groups is 1. The first kappa shape index (κ1) is 19.2. The van der Waals surface area contributed by atoms with Crippen molar-refractivity contribution in [3.8, 4) is 0 Å². The molecule has 0 radical (unpaired) electrons. The van der Waals surface area contributed by atoms with Crippen molar-refractivity contribution in [1.29, 1.82) is 0 Å². The van der Waals surface area contributed by atoms with E-state index in [-0.39, 0.29) is 34.7 Å². The lowest BCUT2D eigenvalue weighted by atomic mass is 9.46. The number of carbonyl (C=O) groups is 2. The molecule has 4 nitrogen and oxygen atoms in total. The second kappa shape index (κ2) is 6.43. The van der Waals surface area contributed by atoms with Crippen LogP contribution < -0.4 is 0 Å². The highest BCUT2D eigenvalue weighted by Crippen LogP contribution is 2.66. The van der Waals surface area contributed by atoms with Crippen molar-refractivity contribution in [2.45, 2.75) is 84.8 Å². The largest absolute Gasteiger partial charge is 0.462 e. The zero-order chi connectivity index (χ0) is 19.6. The maximum Gasteiger partial charge on any atom is 0.302 e. The minimum Gasteiger partial charge on any atom is -0.462 e. The van der Waals surface area contributed by atoms with Crippen LogP contribution in [0.2, 0.25) is 0 Å². The normalized spacial score (nSPS) is 48.7. The van der Waals surface area contributed by atoms with Gasteiger partial charge in [-0.15, -0.1) is 0 Å². The maximum absolute atomic E-state index is 12.2. The molecule has 0 aromatic rings. The van der Waals surface area contributed by atoms with Gasteiger partial charge in [-0.25, -0.2) is 0 Å². The first-order chi connectivity index (χ1) is 12.7. The van der Waals surface area contributed by atoms with E-state index < -0.39 is 6.10 Å². The molecule has 0 aliphatic heterocycles. The van der Waals surface area contributed by atoms with Crippen LogP contribution in [0.4, 0.5) is 0 Å². The number of carbonyl (C=O) groups excluding carboxylic acids is 2. The molecule has 2 unspecified atom stereocenters. The molecule has 1 N–H and O–H groups in total. The van der Waals surface area contributed by atoms with Crippen LogP contribution in [0.25, 0.3) is 0 Å². The van der Waals surface area contributed by atoms with Gasteiger partial charge in [0.25, 0.3) is 0 Å². The molecular formula is C23H34O4. The Labute approximate surface area is 162 Å². The zero-order valence-corrected chi connectivity index (χ0v) is 17.2. The van der Waals surface area contributed by atoms with Gasteiger partial charge in [0.2, 0.25) is 0 Å². The molecule has 0 spiro atoms. The molecule has 3 saturated carbocycles. The van der Waals surface area contributed by atoms with Crippen LogP contribution in [0, 0.1) is 34.5 Å². The number of aliphatic hydroxyl groups excluding tert-OH is 1. The predicted molar refractivity (Wildman–Crippen MR) is 103 cm³/mol. The lowest BCUT2D eigenvalue weighted by Gasteiger charge is -2.59. The molecule has 3 fully saturated rings. The van der Waals surface area contributed by atoms with Crippen LogP contribution in [0.1, 0.15) is 72.6 Å². The third-order valence-electron chi connectivity index (χ3n) is 8.91. The molecular weight excluding hydrogens is 340 g/mol. The second-order valence-corrected chi connectivity index (χ2v) is 10.1. The summed E-state index contributed by atoms with van der Waals surface area (Å²) in [4.78, 5) is 23.6. The van der Waals surface area contributed by atoms with Crippen molar-refractivity contribution in [1.82, 2.24) is 0 Å². The summed E-state index contributed by atoms with van der Waals surface area (Å²) in [6, 6.07) is 0. The third kappa shape index (κ3) is 2.82. The van der Waals surface area contributed by atoms with E-state index in [0.717, 1.165) is 44.9 Å². The van der Waals surface area contributed by atoms with E-state index in [1.165, 1.54) is 12.5 Å². The summed E-state index contributed by atoms with van der Waals surface area (Å²) in [5.74, 6) is 1.43. The predicted octanol–water partition coefficient (Wildman–Crippen LogP) is 4.06. The van der Waals surface area contributed by atoms with E-state index in [9.17, 15) is 14.7 Å². The van der Waals surface area contributed by atoms with Crippen LogP contribution >= 0.6 is 0 Å². The molecule has 150 valence electrons. The highest BCUT2D eigenvalue weighted by Gasteiger charge is 2.61. The zero-order valence-electron chi connectivity index (χ0n) is 17.2. The fourth-order valence-corrected chi connectivity index (χ4v) is 7.62. The Morgan fingerprint density at radius 2 is 1.81 bits per heavy atom. The maximum atomic E-state index is 12.2. The van der Waals surface area contributed by atoms with E-state index in [2.05, 4.69) is 19.9 Å². The van der Waals surface area contributed by atoms with Crippen molar-refractivity contribution in [3.63, 3.8) is 0 Å². The lowest BCUT2D eigenvalue weighted by Crippen LogP contribution is -2.55. The molecule has 0 saturated heterocycles. The van der Waals surface area contributed by atoms with Crippen LogP contribution in [0.5, 0.6) is 0 Å². The summed E-state index contributed by atoms with van der Waals surface area (Å²) >= 11 is 0. The standard InChI is InChI=1S/C23H34O4/c1-13(24)17-5-6-18-21-19(8-10-23(17,18)4)22(3)9-7-16(27-14(2)25)11-15(22)12-20(21)26/h12,16-21,26H,5-11H2,1-4H3/t16?,17-,18+,19+,20?,21+,22+,23-/m1/s1. The number of hydrogen-bond acceptors (Lipinski definition) is 4. The van der Waals surface area contributed by atoms with Gasteiger partial charge in [-0.05, 0) is 74.0 Å². The van der Waals surface area contributed by atoms with Gasteiger partial charge in [-0.3, -0.25) is 9.59 Å². The van der Waals surface area contributed by atoms with Crippen molar-refractivity contribution < 1.29 is 19.4 Å². The first-order valence-electron chi connectivity index (χ1n) is 10.7. The number of hydrogen-bond donors (Lipinski definition) is 1. The first-order valence-corrected chi connectivity index (χ1v) is 10.7. The molecule has 4 heteroatoms. The van der Waals surface area contributed by atoms with Crippen molar-refractivity contribution in [2.24, 2.45) is 34.5 Å². The summed E-state index contributed by atoms with van der Waals surface area (Å²) in [7, 11) is 0. The molecule has 0 aromatic heterocycles. The summed E-state index contributed by atoms with van der Waals surface area (Å²) in [5, 5.41) is 11.1. The van der Waals surface area contributed by atoms with Crippen molar-refractivity contribution in [2.75, 3.05) is 0 Å². The third-order valence-corrected chi connectivity index (χ3v) is 8.91. The molecule has 0 heterocycles. The van der Waals surface area contributed by atoms with Gasteiger partial charge in [-0.1, -0.05) is 25.5 Å². The molecule has 0 bridgehead atoms. The number of fused-ring (bicyclic) bond motifs is 5. The van der Waals surface area contributed by atoms with E-state index in [4.69, 9.17) is 4.74 Å². The topological polar surface area (TPSA) is 63.6 Å². The van der Waals surface area contributed by atoms with Crippen LogP contribution in [0.3, 0.4) is 0 Å². The molecule has 4 rings (SSSR count). The molecule has 0 aromatic carbocycles. The molecule has 8 atom stereocenters. The fraction of sp³-hybridized carbons (Fsp3) is 0.826. The molecule has 4 aliphatic rings. The summed E-state index contributed by atoms with van der Waals surface area (Å²) in [6.07, 6.45) is 8.50. The quantitative estimate of drug-likeness (QED) is 0.585.